The third-order valence-corrected chi connectivity index (χ3v) is 3.02. The predicted molar refractivity (Wildman–Crippen MR) is 74.7 cm³/mol. The maximum absolute atomic E-state index is 12.1. The molecule has 19 heavy (non-hydrogen) atoms. The number of furan rings is 1. The van der Waals surface area contributed by atoms with Crippen molar-refractivity contribution in [2.24, 2.45) is 5.92 Å². The van der Waals surface area contributed by atoms with Gasteiger partial charge in [0.25, 0.3) is 5.91 Å². The highest BCUT2D eigenvalue weighted by atomic mass is 16.5. The summed E-state index contributed by atoms with van der Waals surface area (Å²) >= 11 is 0. The van der Waals surface area contributed by atoms with Gasteiger partial charge in [-0.15, -0.1) is 0 Å². The summed E-state index contributed by atoms with van der Waals surface area (Å²) in [6.45, 7) is 6.63. The fourth-order valence-corrected chi connectivity index (χ4v) is 1.92. The van der Waals surface area contributed by atoms with Gasteiger partial charge in [-0.3, -0.25) is 4.79 Å². The zero-order chi connectivity index (χ0) is 14.0. The highest BCUT2D eigenvalue weighted by Crippen LogP contribution is 2.28. The Balaban J connectivity index is 2.34. The van der Waals surface area contributed by atoms with Gasteiger partial charge >= 0.3 is 0 Å². The molecule has 0 unspecified atom stereocenters. The summed E-state index contributed by atoms with van der Waals surface area (Å²) < 4.78 is 10.8. The summed E-state index contributed by atoms with van der Waals surface area (Å²) in [4.78, 5) is 12.1. The molecule has 1 amide bonds. The number of carbonyl (C=O) groups is 1. The number of amides is 1. The van der Waals surface area contributed by atoms with E-state index in [2.05, 4.69) is 19.2 Å². The number of fused-ring (bicyclic) bond motifs is 1. The third-order valence-electron chi connectivity index (χ3n) is 3.02. The molecular formula is C15H19NO3. The molecule has 1 heterocycles. The minimum atomic E-state index is -0.165. The molecule has 4 heteroatoms. The van der Waals surface area contributed by atoms with Crippen LogP contribution in [0.4, 0.5) is 0 Å². The first kappa shape index (κ1) is 13.5. The zero-order valence-corrected chi connectivity index (χ0v) is 11.7. The third kappa shape index (κ3) is 2.72. The van der Waals surface area contributed by atoms with Crippen LogP contribution in [0, 0.1) is 12.8 Å². The molecule has 1 aromatic heterocycles. The van der Waals surface area contributed by atoms with E-state index in [4.69, 9.17) is 9.15 Å². The summed E-state index contributed by atoms with van der Waals surface area (Å²) in [6.07, 6.45) is 0. The number of rotatable bonds is 4. The van der Waals surface area contributed by atoms with Crippen LogP contribution in [0.15, 0.2) is 22.6 Å². The van der Waals surface area contributed by atoms with Crippen molar-refractivity contribution in [3.8, 4) is 5.75 Å². The zero-order valence-electron chi connectivity index (χ0n) is 11.7. The molecule has 0 aliphatic carbocycles. The van der Waals surface area contributed by atoms with E-state index in [0.29, 0.717) is 23.8 Å². The van der Waals surface area contributed by atoms with Crippen LogP contribution in [0.25, 0.3) is 11.0 Å². The van der Waals surface area contributed by atoms with Gasteiger partial charge in [-0.25, -0.2) is 0 Å². The van der Waals surface area contributed by atoms with Crippen LogP contribution in [0.3, 0.4) is 0 Å². The van der Waals surface area contributed by atoms with Crippen LogP contribution in [-0.4, -0.2) is 19.6 Å². The summed E-state index contributed by atoms with van der Waals surface area (Å²) in [7, 11) is 1.62. The molecule has 102 valence electrons. The maximum Gasteiger partial charge on any atom is 0.287 e. The molecule has 0 saturated carbocycles. The summed E-state index contributed by atoms with van der Waals surface area (Å²) in [5.74, 6) is 1.38. The molecule has 1 aromatic carbocycles. The average Bonchev–Trinajstić information content (AvgIpc) is 2.73. The lowest BCUT2D eigenvalue weighted by Crippen LogP contribution is -2.27. The van der Waals surface area contributed by atoms with Gasteiger partial charge in [-0.1, -0.05) is 13.8 Å². The minimum absolute atomic E-state index is 0.165. The van der Waals surface area contributed by atoms with Crippen molar-refractivity contribution in [2.75, 3.05) is 13.7 Å². The summed E-state index contributed by atoms with van der Waals surface area (Å²) in [5.41, 5.74) is 1.54. The number of methoxy groups -OCH3 is 1. The number of aryl methyl sites for hydroxylation is 1. The van der Waals surface area contributed by atoms with Crippen LogP contribution in [0.2, 0.25) is 0 Å². The topological polar surface area (TPSA) is 51.5 Å². The number of nitrogens with one attached hydrogen (secondary N) is 1. The first-order valence-corrected chi connectivity index (χ1v) is 6.38. The standard InChI is InChI=1S/C15H19NO3/c1-9(2)8-16-15(17)14-10(3)12-7-11(18-4)5-6-13(12)19-14/h5-7,9H,8H2,1-4H3,(H,16,17). The molecule has 0 radical (unpaired) electrons. The van der Waals surface area contributed by atoms with E-state index < -0.39 is 0 Å². The Morgan fingerprint density at radius 2 is 2.16 bits per heavy atom. The Kier molecular flexibility index (Phi) is 3.79. The van der Waals surface area contributed by atoms with Gasteiger partial charge in [0.1, 0.15) is 11.3 Å². The molecule has 1 N–H and O–H groups in total. The van der Waals surface area contributed by atoms with Crippen molar-refractivity contribution in [1.82, 2.24) is 5.32 Å². The van der Waals surface area contributed by atoms with Crippen LogP contribution < -0.4 is 10.1 Å². The largest absolute Gasteiger partial charge is 0.497 e. The summed E-state index contributed by atoms with van der Waals surface area (Å²) in [5, 5.41) is 3.78. The van der Waals surface area contributed by atoms with Gasteiger partial charge in [-0.2, -0.15) is 0 Å². The van der Waals surface area contributed by atoms with Gasteiger partial charge in [0, 0.05) is 17.5 Å². The van der Waals surface area contributed by atoms with Crippen LogP contribution in [-0.2, 0) is 0 Å². The second-order valence-electron chi connectivity index (χ2n) is 5.02. The average molecular weight is 261 g/mol. The van der Waals surface area contributed by atoms with E-state index in [1.165, 1.54) is 0 Å². The normalized spacial score (nSPS) is 11.0. The first-order valence-electron chi connectivity index (χ1n) is 6.38. The van der Waals surface area contributed by atoms with E-state index in [-0.39, 0.29) is 5.91 Å². The molecule has 0 saturated heterocycles. The molecule has 0 aliphatic rings. The van der Waals surface area contributed by atoms with Crippen molar-refractivity contribution in [3.05, 3.63) is 29.5 Å². The number of hydrogen-bond acceptors (Lipinski definition) is 3. The second-order valence-corrected chi connectivity index (χ2v) is 5.02. The molecule has 0 aliphatic heterocycles. The predicted octanol–water partition coefficient (Wildman–Crippen LogP) is 3.14. The smallest absolute Gasteiger partial charge is 0.287 e. The Hall–Kier alpha value is -1.97. The number of carbonyl (C=O) groups excluding carboxylic acids is 1. The van der Waals surface area contributed by atoms with E-state index in [9.17, 15) is 4.79 Å². The molecule has 2 rings (SSSR count). The molecular weight excluding hydrogens is 242 g/mol. The van der Waals surface area contributed by atoms with Crippen molar-refractivity contribution < 1.29 is 13.9 Å². The van der Waals surface area contributed by atoms with Crippen molar-refractivity contribution >= 4 is 16.9 Å². The van der Waals surface area contributed by atoms with Gasteiger partial charge in [0.15, 0.2) is 5.76 Å². The number of benzene rings is 1. The second kappa shape index (κ2) is 5.34. The molecule has 0 fully saturated rings. The monoisotopic (exact) mass is 261 g/mol. The van der Waals surface area contributed by atoms with Gasteiger partial charge in [0.2, 0.25) is 0 Å². The highest BCUT2D eigenvalue weighted by Gasteiger charge is 2.17. The van der Waals surface area contributed by atoms with E-state index >= 15 is 0 Å². The molecule has 0 bridgehead atoms. The lowest BCUT2D eigenvalue weighted by atomic mass is 10.1. The van der Waals surface area contributed by atoms with Crippen molar-refractivity contribution in [3.63, 3.8) is 0 Å². The Bertz CT molecular complexity index is 599. The quantitative estimate of drug-likeness (QED) is 0.919. The van der Waals surface area contributed by atoms with Crippen molar-refractivity contribution in [2.45, 2.75) is 20.8 Å². The van der Waals surface area contributed by atoms with Crippen LogP contribution in [0.5, 0.6) is 5.75 Å². The Morgan fingerprint density at radius 1 is 1.42 bits per heavy atom. The minimum Gasteiger partial charge on any atom is -0.497 e. The van der Waals surface area contributed by atoms with Gasteiger partial charge < -0.3 is 14.5 Å². The van der Waals surface area contributed by atoms with E-state index in [1.54, 1.807) is 7.11 Å². The highest BCUT2D eigenvalue weighted by molar-refractivity contribution is 5.99. The Labute approximate surface area is 112 Å². The molecule has 2 aromatic rings. The Morgan fingerprint density at radius 3 is 2.79 bits per heavy atom. The fraction of sp³-hybridized carbons (Fsp3) is 0.400. The summed E-state index contributed by atoms with van der Waals surface area (Å²) in [6, 6.07) is 5.52. The van der Waals surface area contributed by atoms with Gasteiger partial charge in [-0.05, 0) is 31.0 Å². The molecule has 4 nitrogen and oxygen atoms in total. The molecule has 0 atom stereocenters. The van der Waals surface area contributed by atoms with Crippen molar-refractivity contribution in [1.29, 1.82) is 0 Å². The first-order chi connectivity index (χ1) is 9.02. The van der Waals surface area contributed by atoms with Crippen LogP contribution in [0.1, 0.15) is 30.0 Å². The van der Waals surface area contributed by atoms with E-state index in [0.717, 1.165) is 16.7 Å². The number of hydrogen-bond donors (Lipinski definition) is 1. The maximum atomic E-state index is 12.1. The lowest BCUT2D eigenvalue weighted by molar-refractivity contribution is 0.0922. The fourth-order valence-electron chi connectivity index (χ4n) is 1.92. The molecule has 0 spiro atoms. The van der Waals surface area contributed by atoms with Gasteiger partial charge in [0.05, 0.1) is 7.11 Å². The van der Waals surface area contributed by atoms with Crippen LogP contribution >= 0.6 is 0 Å². The number of ether oxygens (including phenoxy) is 1. The lowest BCUT2D eigenvalue weighted by Gasteiger charge is -2.05. The SMILES string of the molecule is COc1ccc2oc(C(=O)NCC(C)C)c(C)c2c1. The van der Waals surface area contributed by atoms with E-state index in [1.807, 2.05) is 25.1 Å².